The molecule has 3 aromatic rings. The SMILES string of the molecule is Cc1cc(F)ccc1NC(=O)Nc1ccc(OCC(=O)NC(CC(C)C)C(=O)NC(CC(=O)O)c2ccc3c(c2)OCO3)cc1. The van der Waals surface area contributed by atoms with Gasteiger partial charge >= 0.3 is 12.0 Å². The van der Waals surface area contributed by atoms with Crippen LogP contribution in [0.2, 0.25) is 0 Å². The standard InChI is InChI=1S/C32H35FN4O8/c1-18(2)12-26(31(41)36-25(15-30(39)40)20-4-11-27-28(14-20)45-17-44-27)35-29(38)16-43-23-8-6-22(7-9-23)34-32(42)37-24-10-5-21(33)13-19(24)3/h4-11,13-14,18,25-26H,12,15-17H2,1-3H3,(H,35,38)(H,36,41)(H,39,40)(H2,34,37,42). The van der Waals surface area contributed by atoms with Crippen molar-refractivity contribution in [2.75, 3.05) is 24.0 Å². The van der Waals surface area contributed by atoms with E-state index in [2.05, 4.69) is 21.3 Å². The van der Waals surface area contributed by atoms with Crippen molar-refractivity contribution in [3.05, 3.63) is 77.6 Å². The first-order valence-corrected chi connectivity index (χ1v) is 14.2. The van der Waals surface area contributed by atoms with Gasteiger partial charge in [-0.05, 0) is 85.0 Å². The minimum Gasteiger partial charge on any atom is -0.484 e. The molecule has 1 aliphatic rings. The summed E-state index contributed by atoms with van der Waals surface area (Å²) in [6, 6.07) is 12.9. The number of carboxylic acid groups (broad SMARTS) is 1. The predicted octanol–water partition coefficient (Wildman–Crippen LogP) is 4.75. The van der Waals surface area contributed by atoms with E-state index in [0.717, 1.165) is 0 Å². The number of carbonyl (C=O) groups excluding carboxylic acids is 3. The second-order valence-corrected chi connectivity index (χ2v) is 10.9. The molecule has 3 aromatic carbocycles. The normalized spacial score (nSPS) is 13.0. The van der Waals surface area contributed by atoms with Crippen LogP contribution < -0.4 is 35.5 Å². The molecule has 4 rings (SSSR count). The highest BCUT2D eigenvalue weighted by Gasteiger charge is 2.27. The number of carbonyl (C=O) groups is 4. The Morgan fingerprint density at radius 1 is 0.933 bits per heavy atom. The molecular formula is C32H35FN4O8. The highest BCUT2D eigenvalue weighted by molar-refractivity contribution is 6.00. The molecule has 0 saturated heterocycles. The Morgan fingerprint density at radius 2 is 1.67 bits per heavy atom. The molecule has 45 heavy (non-hydrogen) atoms. The number of carboxylic acids is 1. The van der Waals surface area contributed by atoms with Crippen molar-refractivity contribution in [1.82, 2.24) is 10.6 Å². The van der Waals surface area contributed by atoms with Gasteiger partial charge in [-0.3, -0.25) is 14.4 Å². The maximum absolute atomic E-state index is 13.3. The number of hydrogen-bond donors (Lipinski definition) is 5. The Kier molecular flexibility index (Phi) is 10.8. The minimum atomic E-state index is -1.11. The van der Waals surface area contributed by atoms with Crippen molar-refractivity contribution in [3.63, 3.8) is 0 Å². The Balaban J connectivity index is 1.31. The minimum absolute atomic E-state index is 0.0367. The molecule has 5 N–H and O–H groups in total. The van der Waals surface area contributed by atoms with Gasteiger partial charge in [0.2, 0.25) is 12.7 Å². The molecule has 12 nitrogen and oxygen atoms in total. The van der Waals surface area contributed by atoms with E-state index in [0.29, 0.717) is 46.2 Å². The second-order valence-electron chi connectivity index (χ2n) is 10.9. The lowest BCUT2D eigenvalue weighted by Gasteiger charge is -2.24. The molecule has 0 radical (unpaired) electrons. The predicted molar refractivity (Wildman–Crippen MR) is 163 cm³/mol. The van der Waals surface area contributed by atoms with Crippen LogP contribution in [0.3, 0.4) is 0 Å². The second kappa shape index (κ2) is 14.9. The number of benzene rings is 3. The van der Waals surface area contributed by atoms with E-state index < -0.39 is 41.7 Å². The van der Waals surface area contributed by atoms with Gasteiger partial charge in [-0.1, -0.05) is 19.9 Å². The number of nitrogens with one attached hydrogen (secondary N) is 4. The van der Waals surface area contributed by atoms with Gasteiger partial charge in [-0.15, -0.1) is 0 Å². The molecule has 1 aliphatic heterocycles. The summed E-state index contributed by atoms with van der Waals surface area (Å²) < 4.78 is 29.6. The largest absolute Gasteiger partial charge is 0.484 e. The number of hydrogen-bond acceptors (Lipinski definition) is 7. The Bertz CT molecular complexity index is 1550. The molecule has 4 amide bonds. The summed E-state index contributed by atoms with van der Waals surface area (Å²) in [5.41, 5.74) is 2.02. The maximum atomic E-state index is 13.3. The van der Waals surface area contributed by atoms with Crippen LogP contribution in [0.25, 0.3) is 0 Å². The van der Waals surface area contributed by atoms with Crippen molar-refractivity contribution < 1.29 is 42.9 Å². The molecule has 13 heteroatoms. The Hall–Kier alpha value is -5.33. The van der Waals surface area contributed by atoms with Gasteiger partial charge in [0.25, 0.3) is 5.91 Å². The fraction of sp³-hybridized carbons (Fsp3) is 0.312. The summed E-state index contributed by atoms with van der Waals surface area (Å²) in [6.45, 7) is 5.13. The van der Waals surface area contributed by atoms with Gasteiger partial charge in [0.15, 0.2) is 18.1 Å². The molecule has 0 bridgehead atoms. The van der Waals surface area contributed by atoms with Crippen molar-refractivity contribution in [1.29, 1.82) is 0 Å². The van der Waals surface area contributed by atoms with Crippen LogP contribution >= 0.6 is 0 Å². The van der Waals surface area contributed by atoms with Gasteiger partial charge in [-0.25, -0.2) is 9.18 Å². The van der Waals surface area contributed by atoms with Gasteiger partial charge in [-0.2, -0.15) is 0 Å². The summed E-state index contributed by atoms with van der Waals surface area (Å²) >= 11 is 0. The Labute approximate surface area is 259 Å². The van der Waals surface area contributed by atoms with Crippen molar-refractivity contribution in [2.24, 2.45) is 5.92 Å². The molecule has 0 spiro atoms. The number of urea groups is 1. The summed E-state index contributed by atoms with van der Waals surface area (Å²) in [5.74, 6) is -1.24. The molecule has 0 fully saturated rings. The lowest BCUT2D eigenvalue weighted by molar-refractivity contribution is -0.138. The third-order valence-electron chi connectivity index (χ3n) is 6.77. The van der Waals surface area contributed by atoms with Crippen LogP contribution in [0.5, 0.6) is 17.2 Å². The van der Waals surface area contributed by atoms with Crippen LogP contribution in [0, 0.1) is 18.7 Å². The molecule has 0 aliphatic carbocycles. The van der Waals surface area contributed by atoms with Crippen LogP contribution in [0.4, 0.5) is 20.6 Å². The van der Waals surface area contributed by atoms with E-state index in [1.165, 1.54) is 18.2 Å². The number of aliphatic carboxylic acids is 1. The quantitative estimate of drug-likeness (QED) is 0.182. The zero-order valence-electron chi connectivity index (χ0n) is 25.0. The third-order valence-corrected chi connectivity index (χ3v) is 6.77. The molecule has 1 heterocycles. The lowest BCUT2D eigenvalue weighted by atomic mass is 10.00. The van der Waals surface area contributed by atoms with Crippen LogP contribution in [-0.4, -0.2) is 48.4 Å². The number of ether oxygens (including phenoxy) is 3. The number of aryl methyl sites for hydroxylation is 1. The number of amides is 4. The maximum Gasteiger partial charge on any atom is 0.323 e. The first-order chi connectivity index (χ1) is 21.5. The van der Waals surface area contributed by atoms with E-state index in [1.54, 1.807) is 49.4 Å². The monoisotopic (exact) mass is 622 g/mol. The number of fused-ring (bicyclic) bond motifs is 1. The topological polar surface area (TPSA) is 164 Å². The smallest absolute Gasteiger partial charge is 0.323 e. The Morgan fingerprint density at radius 3 is 2.36 bits per heavy atom. The molecule has 0 saturated carbocycles. The molecule has 2 unspecified atom stereocenters. The average Bonchev–Trinajstić information content (AvgIpc) is 3.45. The highest BCUT2D eigenvalue weighted by Crippen LogP contribution is 2.35. The zero-order valence-corrected chi connectivity index (χ0v) is 25.0. The fourth-order valence-electron chi connectivity index (χ4n) is 4.60. The van der Waals surface area contributed by atoms with Crippen LogP contribution in [0.15, 0.2) is 60.7 Å². The number of rotatable bonds is 13. The van der Waals surface area contributed by atoms with Crippen LogP contribution in [0.1, 0.15) is 43.9 Å². The van der Waals surface area contributed by atoms with Crippen molar-refractivity contribution in [3.8, 4) is 17.2 Å². The molecule has 238 valence electrons. The lowest BCUT2D eigenvalue weighted by Crippen LogP contribution is -2.49. The molecule has 2 atom stereocenters. The number of anilines is 2. The van der Waals surface area contributed by atoms with E-state index >= 15 is 0 Å². The summed E-state index contributed by atoms with van der Waals surface area (Å²) in [5, 5.41) is 20.2. The van der Waals surface area contributed by atoms with Gasteiger partial charge in [0.05, 0.1) is 12.5 Å². The van der Waals surface area contributed by atoms with E-state index in [-0.39, 0.29) is 25.7 Å². The molecule has 0 aromatic heterocycles. The molecular weight excluding hydrogens is 587 g/mol. The number of halogens is 1. The van der Waals surface area contributed by atoms with E-state index in [4.69, 9.17) is 14.2 Å². The van der Waals surface area contributed by atoms with Gasteiger partial charge in [0.1, 0.15) is 17.6 Å². The van der Waals surface area contributed by atoms with E-state index in [1.807, 2.05) is 13.8 Å². The first-order valence-electron chi connectivity index (χ1n) is 14.2. The summed E-state index contributed by atoms with van der Waals surface area (Å²) in [4.78, 5) is 50.0. The summed E-state index contributed by atoms with van der Waals surface area (Å²) in [7, 11) is 0. The van der Waals surface area contributed by atoms with Crippen molar-refractivity contribution in [2.45, 2.75) is 45.7 Å². The van der Waals surface area contributed by atoms with E-state index in [9.17, 15) is 28.7 Å². The van der Waals surface area contributed by atoms with Crippen molar-refractivity contribution >= 4 is 35.2 Å². The van der Waals surface area contributed by atoms with Gasteiger partial charge in [0, 0.05) is 11.4 Å². The first kappa shape index (κ1) is 32.6. The van der Waals surface area contributed by atoms with Gasteiger partial charge < -0.3 is 40.6 Å². The zero-order chi connectivity index (χ0) is 32.5. The van der Waals surface area contributed by atoms with Crippen LogP contribution in [-0.2, 0) is 14.4 Å². The summed E-state index contributed by atoms with van der Waals surface area (Å²) in [6.07, 6.45) is -0.0758. The average molecular weight is 623 g/mol. The highest BCUT2D eigenvalue weighted by atomic mass is 19.1. The fourth-order valence-corrected chi connectivity index (χ4v) is 4.60. The third kappa shape index (κ3) is 9.58.